The van der Waals surface area contributed by atoms with E-state index in [1.54, 1.807) is 0 Å². The molecule has 0 aliphatic carbocycles. The van der Waals surface area contributed by atoms with Crippen LogP contribution in [0, 0.1) is 0 Å². The third-order valence-electron chi connectivity index (χ3n) is 8.99. The minimum Gasteiger partial charge on any atom is -0.370 e. The van der Waals surface area contributed by atoms with Crippen LogP contribution in [0.1, 0.15) is 37.1 Å². The van der Waals surface area contributed by atoms with E-state index in [2.05, 4.69) is 79.2 Å². The second kappa shape index (κ2) is 11.6. The van der Waals surface area contributed by atoms with Crippen molar-refractivity contribution in [1.82, 2.24) is 20.7 Å². The molecule has 0 atom stereocenters. The van der Waals surface area contributed by atoms with Crippen molar-refractivity contribution in [3.63, 3.8) is 0 Å². The molecule has 0 amide bonds. The van der Waals surface area contributed by atoms with Gasteiger partial charge in [-0.05, 0) is 63.0 Å². The Morgan fingerprint density at radius 2 is 1.43 bits per heavy atom. The standard InChI is InChI=1S/C32H38N8S2/c1-3-21-19-25(31-34-13-17-41-31)36-29(21)27(5-1)39-15-9-23(10-16-39)38-40(24-7-11-33-12-8-24)28-6-2-4-22-20-26(37-30(22)28)32-35-14-18-42-32/h1-6,19-20,23-24,33,36-38H,7-18H2. The van der Waals surface area contributed by atoms with Gasteiger partial charge >= 0.3 is 0 Å². The second-order valence-electron chi connectivity index (χ2n) is 11.7. The first-order chi connectivity index (χ1) is 20.8. The van der Waals surface area contributed by atoms with E-state index < -0.39 is 0 Å². The summed E-state index contributed by atoms with van der Waals surface area (Å²) in [5.41, 5.74) is 11.4. The minimum atomic E-state index is 0.429. The highest BCUT2D eigenvalue weighted by molar-refractivity contribution is 8.15. The van der Waals surface area contributed by atoms with Crippen molar-refractivity contribution in [3.8, 4) is 0 Å². The number of aromatic nitrogens is 2. The molecule has 2 aromatic carbocycles. The first kappa shape index (κ1) is 26.7. The maximum absolute atomic E-state index is 4.73. The minimum absolute atomic E-state index is 0.429. The maximum atomic E-state index is 4.73. The first-order valence-electron chi connectivity index (χ1n) is 15.4. The molecule has 0 spiro atoms. The molecule has 4 N–H and O–H groups in total. The number of hydrogen-bond donors (Lipinski definition) is 4. The topological polar surface area (TPSA) is 86.8 Å². The molecule has 42 heavy (non-hydrogen) atoms. The van der Waals surface area contributed by atoms with Gasteiger partial charge in [-0.25, -0.2) is 5.43 Å². The molecule has 2 saturated heterocycles. The number of aromatic amines is 2. The summed E-state index contributed by atoms with van der Waals surface area (Å²) in [5.74, 6) is 2.16. The van der Waals surface area contributed by atoms with Gasteiger partial charge < -0.3 is 25.2 Å². The molecule has 8 rings (SSSR count). The van der Waals surface area contributed by atoms with Gasteiger partial charge in [0.2, 0.25) is 0 Å². The normalized spacial score (nSPS) is 20.5. The fourth-order valence-corrected chi connectivity index (χ4v) is 8.50. The lowest BCUT2D eigenvalue weighted by Crippen LogP contribution is -2.56. The molecule has 2 fully saturated rings. The third kappa shape index (κ3) is 5.12. The molecule has 8 nitrogen and oxygen atoms in total. The molecule has 6 heterocycles. The number of hydrazine groups is 1. The molecule has 0 saturated carbocycles. The van der Waals surface area contributed by atoms with Gasteiger partial charge in [0.1, 0.15) is 10.1 Å². The van der Waals surface area contributed by atoms with Gasteiger partial charge in [0.15, 0.2) is 0 Å². The van der Waals surface area contributed by atoms with Gasteiger partial charge in [0.25, 0.3) is 0 Å². The Hall–Kier alpha value is -2.92. The van der Waals surface area contributed by atoms with E-state index in [0.717, 1.165) is 97.9 Å². The van der Waals surface area contributed by atoms with Gasteiger partial charge in [0, 0.05) is 60.5 Å². The summed E-state index contributed by atoms with van der Waals surface area (Å²) in [6.07, 6.45) is 4.49. The molecular weight excluding hydrogens is 561 g/mol. The fourth-order valence-electron chi connectivity index (χ4n) is 6.85. The molecule has 0 radical (unpaired) electrons. The van der Waals surface area contributed by atoms with Crippen molar-refractivity contribution < 1.29 is 0 Å². The summed E-state index contributed by atoms with van der Waals surface area (Å²) >= 11 is 3.71. The van der Waals surface area contributed by atoms with E-state index in [1.165, 1.54) is 33.2 Å². The Labute approximate surface area is 255 Å². The molecule has 2 aromatic heterocycles. The summed E-state index contributed by atoms with van der Waals surface area (Å²) < 4.78 is 0. The van der Waals surface area contributed by atoms with E-state index in [4.69, 9.17) is 9.98 Å². The highest BCUT2D eigenvalue weighted by Crippen LogP contribution is 2.34. The van der Waals surface area contributed by atoms with Crippen molar-refractivity contribution in [2.24, 2.45) is 9.98 Å². The summed E-state index contributed by atoms with van der Waals surface area (Å²) in [6.45, 7) is 6.04. The van der Waals surface area contributed by atoms with Crippen molar-refractivity contribution in [2.45, 2.75) is 37.8 Å². The predicted octanol–water partition coefficient (Wildman–Crippen LogP) is 5.37. The third-order valence-corrected chi connectivity index (χ3v) is 11.0. The second-order valence-corrected chi connectivity index (χ2v) is 13.8. The average Bonchev–Trinajstić information content (AvgIpc) is 3.86. The summed E-state index contributed by atoms with van der Waals surface area (Å²) in [4.78, 5) is 19.5. The maximum Gasteiger partial charge on any atom is 0.114 e. The number of piperidine rings is 2. The Kier molecular flexibility index (Phi) is 7.39. The number of benzene rings is 2. The first-order valence-corrected chi connectivity index (χ1v) is 17.4. The van der Waals surface area contributed by atoms with Crippen LogP contribution < -0.4 is 20.7 Å². The van der Waals surface area contributed by atoms with Crippen molar-refractivity contribution in [1.29, 1.82) is 0 Å². The number of fused-ring (bicyclic) bond motifs is 2. The highest BCUT2D eigenvalue weighted by atomic mass is 32.2. The number of rotatable bonds is 7. The largest absolute Gasteiger partial charge is 0.370 e. The summed E-state index contributed by atoms with van der Waals surface area (Å²) in [7, 11) is 0. The molecular formula is C32H38N8S2. The van der Waals surface area contributed by atoms with E-state index in [9.17, 15) is 0 Å². The molecule has 0 unspecified atom stereocenters. The zero-order chi connectivity index (χ0) is 27.9. The number of para-hydroxylation sites is 2. The summed E-state index contributed by atoms with van der Waals surface area (Å²) in [6, 6.07) is 18.8. The number of aliphatic imine (C=N–C) groups is 2. The van der Waals surface area contributed by atoms with Gasteiger partial charge in [-0.2, -0.15) is 0 Å². The zero-order valence-electron chi connectivity index (χ0n) is 23.9. The molecule has 4 aliphatic rings. The van der Waals surface area contributed by atoms with Crippen LogP contribution in [0.15, 0.2) is 58.5 Å². The SMILES string of the molecule is c1cc(N2CCC(NN(c3cccc4cc(C5=NCCS5)[nH]c34)C3CCNCC3)CC2)c2[nH]c(C3=NCCS3)cc2c1. The van der Waals surface area contributed by atoms with Gasteiger partial charge in [-0.1, -0.05) is 24.3 Å². The van der Waals surface area contributed by atoms with Crippen LogP contribution in [-0.2, 0) is 0 Å². The van der Waals surface area contributed by atoms with Crippen LogP contribution in [0.5, 0.6) is 0 Å². The predicted molar refractivity (Wildman–Crippen MR) is 181 cm³/mol. The smallest absolute Gasteiger partial charge is 0.114 e. The number of nitrogens with zero attached hydrogens (tertiary/aromatic N) is 4. The lowest BCUT2D eigenvalue weighted by Gasteiger charge is -2.42. The van der Waals surface area contributed by atoms with Crippen LogP contribution >= 0.6 is 23.5 Å². The van der Waals surface area contributed by atoms with Crippen LogP contribution in [0.4, 0.5) is 11.4 Å². The van der Waals surface area contributed by atoms with Crippen LogP contribution in [-0.4, -0.2) is 82.9 Å². The van der Waals surface area contributed by atoms with E-state index in [-0.39, 0.29) is 0 Å². The van der Waals surface area contributed by atoms with Crippen molar-refractivity contribution in [2.75, 3.05) is 60.7 Å². The Morgan fingerprint density at radius 3 is 2.10 bits per heavy atom. The van der Waals surface area contributed by atoms with Crippen LogP contribution in [0.25, 0.3) is 21.8 Å². The van der Waals surface area contributed by atoms with Crippen LogP contribution in [0.2, 0.25) is 0 Å². The Balaban J connectivity index is 1.03. The molecule has 10 heteroatoms. The van der Waals surface area contributed by atoms with Gasteiger partial charge in [0.05, 0.1) is 33.8 Å². The summed E-state index contributed by atoms with van der Waals surface area (Å²) in [5, 5.41) is 10.9. The number of anilines is 2. The molecule has 4 aliphatic heterocycles. The monoisotopic (exact) mass is 598 g/mol. The van der Waals surface area contributed by atoms with E-state index >= 15 is 0 Å². The number of nitrogens with one attached hydrogen (secondary N) is 4. The lowest BCUT2D eigenvalue weighted by atomic mass is 10.0. The van der Waals surface area contributed by atoms with Crippen LogP contribution in [0.3, 0.4) is 0 Å². The zero-order valence-corrected chi connectivity index (χ0v) is 25.5. The van der Waals surface area contributed by atoms with E-state index in [0.29, 0.717) is 12.1 Å². The molecule has 218 valence electrons. The quantitative estimate of drug-likeness (QED) is 0.214. The number of H-pyrrole nitrogens is 2. The number of thioether (sulfide) groups is 2. The Bertz CT molecular complexity index is 1640. The number of hydrogen-bond acceptors (Lipinski definition) is 8. The molecule has 0 bridgehead atoms. The lowest BCUT2D eigenvalue weighted by molar-refractivity contribution is 0.342. The van der Waals surface area contributed by atoms with Crippen molar-refractivity contribution in [3.05, 3.63) is 59.9 Å². The average molecular weight is 599 g/mol. The molecule has 4 aromatic rings. The Morgan fingerprint density at radius 1 is 0.786 bits per heavy atom. The highest BCUT2D eigenvalue weighted by Gasteiger charge is 2.29. The van der Waals surface area contributed by atoms with E-state index in [1.807, 2.05) is 23.5 Å². The van der Waals surface area contributed by atoms with Gasteiger partial charge in [-0.3, -0.25) is 9.98 Å². The fraction of sp³-hybridized carbons (Fsp3) is 0.438. The van der Waals surface area contributed by atoms with Gasteiger partial charge in [-0.15, -0.1) is 23.5 Å². The van der Waals surface area contributed by atoms with Crippen molar-refractivity contribution >= 4 is 66.8 Å².